The van der Waals surface area contributed by atoms with Crippen LogP contribution < -0.4 is 26.6 Å². The summed E-state index contributed by atoms with van der Waals surface area (Å²) in [7, 11) is 0. The van der Waals surface area contributed by atoms with Crippen LogP contribution in [0, 0.1) is 0 Å². The Morgan fingerprint density at radius 2 is 0.860 bits per heavy atom. The van der Waals surface area contributed by atoms with Gasteiger partial charge >= 0.3 is 17.9 Å². The molecule has 0 saturated heterocycles. The van der Waals surface area contributed by atoms with Crippen molar-refractivity contribution in [1.82, 2.24) is 26.6 Å². The Balaban J connectivity index is 5.88. The largest absolute Gasteiger partial charge is 0.480 e. The summed E-state index contributed by atoms with van der Waals surface area (Å²) in [5, 5.41) is 47.4. The lowest BCUT2D eigenvalue weighted by molar-refractivity contribution is -0.146. The molecule has 0 unspecified atom stereocenters. The van der Waals surface area contributed by atoms with Gasteiger partial charge in [-0.05, 0) is 6.08 Å². The van der Waals surface area contributed by atoms with E-state index in [4.69, 9.17) is 19.7 Å². The predicted octanol–water partition coefficient (Wildman–Crippen LogP) is -5.88. The molecular weight excluding hydrogens is 582 g/mol. The molecule has 0 aliphatic carbocycles. The van der Waals surface area contributed by atoms with Crippen LogP contribution in [0.3, 0.4) is 0 Å². The molecule has 0 bridgehead atoms. The normalized spacial score (nSPS) is 13.7. The number of hydrogen-bond acceptors (Lipinski definition) is 13. The average molecular weight is 616 g/mol. The summed E-state index contributed by atoms with van der Waals surface area (Å²) < 4.78 is 9.46. The smallest absolute Gasteiger partial charge is 0.330 e. The van der Waals surface area contributed by atoms with Gasteiger partial charge in [-0.3, -0.25) is 24.0 Å². The molecule has 0 aromatic rings. The molecule has 0 aliphatic rings. The molecular formula is C24H33N5O14. The number of amides is 5. The molecule has 19 nitrogen and oxygen atoms in total. The highest BCUT2D eigenvalue weighted by molar-refractivity contribution is 5.97. The topological polar surface area (TPSA) is 296 Å². The SMILES string of the molecule is C=CC(=O)N[C@@H](CO)C(=O)N[C@@H](COC(=O)C=C)C(=O)N[C@@H](CO)C(=O)N[C@@H](COC(=O)C=C)C(=O)N[C@@H](CO)C(=O)O. The minimum atomic E-state index is -1.87. The third kappa shape index (κ3) is 13.9. The van der Waals surface area contributed by atoms with Gasteiger partial charge < -0.3 is 56.5 Å². The number of hydrogen-bond donors (Lipinski definition) is 9. The molecule has 0 fully saturated rings. The van der Waals surface area contributed by atoms with Crippen molar-refractivity contribution in [2.24, 2.45) is 0 Å². The Bertz CT molecular complexity index is 1090. The van der Waals surface area contributed by atoms with E-state index in [0.29, 0.717) is 0 Å². The third-order valence-electron chi connectivity index (χ3n) is 5.00. The van der Waals surface area contributed by atoms with Crippen molar-refractivity contribution in [2.75, 3.05) is 33.0 Å². The number of carbonyl (C=O) groups excluding carboxylic acids is 7. The lowest BCUT2D eigenvalue weighted by atomic mass is 10.2. The number of carboxylic acid groups (broad SMARTS) is 1. The van der Waals surface area contributed by atoms with Crippen LogP contribution >= 0.6 is 0 Å². The zero-order chi connectivity index (χ0) is 33.1. The fraction of sp³-hybridized carbons (Fsp3) is 0.417. The fourth-order valence-corrected chi connectivity index (χ4v) is 2.71. The van der Waals surface area contributed by atoms with Gasteiger partial charge in [0.25, 0.3) is 0 Å². The van der Waals surface area contributed by atoms with E-state index in [1.165, 1.54) is 0 Å². The number of ether oxygens (including phenoxy) is 2. The average Bonchev–Trinajstić information content (AvgIpc) is 2.99. The van der Waals surface area contributed by atoms with E-state index < -0.39 is 111 Å². The van der Waals surface area contributed by atoms with Crippen LogP contribution in [0.2, 0.25) is 0 Å². The quantitative estimate of drug-likeness (QED) is 0.0455. The summed E-state index contributed by atoms with van der Waals surface area (Å²) in [6, 6.07) is -8.84. The molecule has 0 rings (SSSR count). The van der Waals surface area contributed by atoms with Crippen LogP contribution in [0.1, 0.15) is 0 Å². The monoisotopic (exact) mass is 615 g/mol. The van der Waals surface area contributed by atoms with E-state index in [2.05, 4.69) is 30.4 Å². The number of rotatable bonds is 20. The molecule has 19 heteroatoms. The predicted molar refractivity (Wildman–Crippen MR) is 141 cm³/mol. The Morgan fingerprint density at radius 1 is 0.535 bits per heavy atom. The molecule has 0 aromatic heterocycles. The number of aliphatic hydroxyl groups excluding tert-OH is 3. The van der Waals surface area contributed by atoms with Gasteiger partial charge in [0.1, 0.15) is 43.4 Å². The summed E-state index contributed by atoms with van der Waals surface area (Å²) in [6.45, 7) is 4.69. The second kappa shape index (κ2) is 19.9. The van der Waals surface area contributed by atoms with Gasteiger partial charge in [-0.15, -0.1) is 0 Å². The van der Waals surface area contributed by atoms with E-state index in [9.17, 15) is 48.6 Å². The van der Waals surface area contributed by atoms with Crippen LogP contribution in [0.4, 0.5) is 0 Å². The van der Waals surface area contributed by atoms with Crippen molar-refractivity contribution in [3.8, 4) is 0 Å². The zero-order valence-electron chi connectivity index (χ0n) is 22.6. The number of esters is 2. The van der Waals surface area contributed by atoms with Crippen molar-refractivity contribution >= 4 is 47.4 Å². The van der Waals surface area contributed by atoms with E-state index in [-0.39, 0.29) is 0 Å². The molecule has 0 spiro atoms. The number of carboxylic acids is 1. The van der Waals surface area contributed by atoms with Gasteiger partial charge in [-0.1, -0.05) is 19.7 Å². The highest BCUT2D eigenvalue weighted by Crippen LogP contribution is 1.98. The van der Waals surface area contributed by atoms with E-state index in [1.54, 1.807) is 0 Å². The van der Waals surface area contributed by atoms with Gasteiger partial charge in [0, 0.05) is 12.2 Å². The molecule has 43 heavy (non-hydrogen) atoms. The van der Waals surface area contributed by atoms with Crippen molar-refractivity contribution < 1.29 is 68.3 Å². The van der Waals surface area contributed by atoms with Crippen LogP contribution in [-0.4, -0.2) is 131 Å². The number of nitrogens with one attached hydrogen (secondary N) is 5. The molecule has 238 valence electrons. The van der Waals surface area contributed by atoms with Crippen LogP contribution in [0.5, 0.6) is 0 Å². The first-order valence-corrected chi connectivity index (χ1v) is 12.1. The first-order chi connectivity index (χ1) is 20.3. The maximum atomic E-state index is 12.9. The van der Waals surface area contributed by atoms with Gasteiger partial charge in [-0.25, -0.2) is 14.4 Å². The highest BCUT2D eigenvalue weighted by Gasteiger charge is 2.33. The van der Waals surface area contributed by atoms with Gasteiger partial charge in [-0.2, -0.15) is 0 Å². The summed E-state index contributed by atoms with van der Waals surface area (Å²) in [6.07, 6.45) is 2.25. The van der Waals surface area contributed by atoms with Gasteiger partial charge in [0.15, 0.2) is 0 Å². The zero-order valence-corrected chi connectivity index (χ0v) is 22.6. The third-order valence-corrected chi connectivity index (χ3v) is 5.00. The minimum Gasteiger partial charge on any atom is -0.480 e. The number of aliphatic carboxylic acids is 1. The number of aliphatic hydroxyl groups is 3. The van der Waals surface area contributed by atoms with E-state index in [1.807, 2.05) is 16.0 Å². The van der Waals surface area contributed by atoms with Crippen molar-refractivity contribution in [1.29, 1.82) is 0 Å². The fourth-order valence-electron chi connectivity index (χ4n) is 2.71. The Kier molecular flexibility index (Phi) is 17.5. The molecule has 0 radical (unpaired) electrons. The van der Waals surface area contributed by atoms with Crippen LogP contribution in [0.25, 0.3) is 0 Å². The summed E-state index contributed by atoms with van der Waals surface area (Å²) in [5.74, 6) is -9.43. The molecule has 0 heterocycles. The maximum Gasteiger partial charge on any atom is 0.330 e. The highest BCUT2D eigenvalue weighted by atomic mass is 16.5. The van der Waals surface area contributed by atoms with Gasteiger partial charge in [0.2, 0.25) is 29.5 Å². The first-order valence-electron chi connectivity index (χ1n) is 12.1. The molecule has 5 amide bonds. The van der Waals surface area contributed by atoms with Crippen molar-refractivity contribution in [2.45, 2.75) is 30.2 Å². The maximum absolute atomic E-state index is 12.9. The summed E-state index contributed by atoms with van der Waals surface area (Å²) in [4.78, 5) is 96.5. The Morgan fingerprint density at radius 3 is 1.19 bits per heavy atom. The lowest BCUT2D eigenvalue weighted by Crippen LogP contribution is -2.61. The van der Waals surface area contributed by atoms with Crippen LogP contribution in [-0.2, 0) is 47.8 Å². The molecule has 0 aromatic carbocycles. The summed E-state index contributed by atoms with van der Waals surface area (Å²) >= 11 is 0. The minimum absolute atomic E-state index is 0.721. The van der Waals surface area contributed by atoms with E-state index >= 15 is 0 Å². The Hall–Kier alpha value is -5.14. The van der Waals surface area contributed by atoms with Crippen LogP contribution in [0.15, 0.2) is 38.0 Å². The standard InChI is InChI=1S/C24H33N5O14/c1-4-17(33)25-12(7-30)20(36)28-15(10-42-18(34)5-2)22(38)26-13(8-31)21(37)29-16(11-43-19(35)6-3)23(39)27-14(9-32)24(40)41/h4-6,12-16,30-32H,1-3,7-11H2,(H,25,33)(H,26,38)(H,27,39)(H,28,36)(H,29,37)(H,40,41)/t12-,13-,14-,15-,16-/m0/s1. The second-order valence-corrected chi connectivity index (χ2v) is 8.06. The molecule has 5 atom stereocenters. The summed E-state index contributed by atoms with van der Waals surface area (Å²) in [5.41, 5.74) is 0. The number of carbonyl (C=O) groups is 8. The second-order valence-electron chi connectivity index (χ2n) is 8.06. The Labute approximate surface area is 244 Å². The van der Waals surface area contributed by atoms with Gasteiger partial charge in [0.05, 0.1) is 19.8 Å². The molecule has 0 saturated carbocycles. The van der Waals surface area contributed by atoms with Crippen molar-refractivity contribution in [3.05, 3.63) is 38.0 Å². The molecule has 0 aliphatic heterocycles. The first kappa shape index (κ1) is 37.9. The van der Waals surface area contributed by atoms with E-state index in [0.717, 1.165) is 18.2 Å². The van der Waals surface area contributed by atoms with Crippen molar-refractivity contribution in [3.63, 3.8) is 0 Å². The molecule has 9 N–H and O–H groups in total. The lowest BCUT2D eigenvalue weighted by Gasteiger charge is -2.25.